The lowest BCUT2D eigenvalue weighted by molar-refractivity contribution is 0.580. The number of benzene rings is 1. The fourth-order valence-corrected chi connectivity index (χ4v) is 0.855. The third kappa shape index (κ3) is 1.18. The summed E-state index contributed by atoms with van der Waals surface area (Å²) in [5.41, 5.74) is -0.505. The van der Waals surface area contributed by atoms with E-state index in [-0.39, 0.29) is 5.46 Å². The van der Waals surface area contributed by atoms with Crippen LogP contribution in [0.15, 0.2) is 6.07 Å². The molecule has 0 atom stereocenters. The van der Waals surface area contributed by atoms with Gasteiger partial charge >= 0.3 is 0 Å². The lowest BCUT2D eigenvalue weighted by atomic mass is 9.88. The van der Waals surface area contributed by atoms with Crippen molar-refractivity contribution in [2.45, 2.75) is 6.92 Å². The number of nitriles is 1. The van der Waals surface area contributed by atoms with Gasteiger partial charge in [0.25, 0.3) is 0 Å². The Bertz CT molecular complexity index is 368. The molecule has 1 nitrogen and oxygen atoms in total. The predicted molar refractivity (Wildman–Crippen MR) is 41.2 cm³/mol. The highest BCUT2D eigenvalue weighted by Crippen LogP contribution is 2.10. The van der Waals surface area contributed by atoms with Gasteiger partial charge in [0.2, 0.25) is 0 Å². The summed E-state index contributed by atoms with van der Waals surface area (Å²) in [4.78, 5) is 0. The number of hydrogen-bond donors (Lipinski definition) is 0. The molecule has 0 N–H and O–H groups in total. The molecule has 1 aromatic rings. The number of aryl methyl sites for hydroxylation is 1. The van der Waals surface area contributed by atoms with Gasteiger partial charge < -0.3 is 0 Å². The molecular weight excluding hydrogens is 159 g/mol. The van der Waals surface area contributed by atoms with Crippen molar-refractivity contribution in [3.63, 3.8) is 0 Å². The van der Waals surface area contributed by atoms with Crippen LogP contribution in [0.1, 0.15) is 11.1 Å². The van der Waals surface area contributed by atoms with Crippen molar-refractivity contribution in [2.24, 2.45) is 0 Å². The molecule has 1 rings (SSSR count). The minimum atomic E-state index is -0.977. The van der Waals surface area contributed by atoms with E-state index >= 15 is 0 Å². The van der Waals surface area contributed by atoms with Crippen LogP contribution < -0.4 is 5.46 Å². The minimum Gasteiger partial charge on any atom is -0.206 e. The first-order chi connectivity index (χ1) is 5.57. The van der Waals surface area contributed by atoms with Gasteiger partial charge in [-0.25, -0.2) is 8.78 Å². The van der Waals surface area contributed by atoms with Gasteiger partial charge in [0.15, 0.2) is 0 Å². The second-order valence-corrected chi connectivity index (χ2v) is 2.39. The fraction of sp³-hybridized carbons (Fsp3) is 0.125. The highest BCUT2D eigenvalue weighted by atomic mass is 19.1. The molecule has 58 valence electrons. The number of rotatable bonds is 0. The molecule has 0 spiro atoms. The molecule has 0 saturated carbocycles. The summed E-state index contributed by atoms with van der Waals surface area (Å²) in [5.74, 6) is -1.85. The van der Waals surface area contributed by atoms with Crippen molar-refractivity contribution in [2.75, 3.05) is 0 Å². The van der Waals surface area contributed by atoms with Gasteiger partial charge in [0, 0.05) is 0 Å². The van der Waals surface area contributed by atoms with Gasteiger partial charge in [0.1, 0.15) is 31.1 Å². The Morgan fingerprint density at radius 3 is 2.58 bits per heavy atom. The molecule has 0 fully saturated rings. The Balaban J connectivity index is 3.54. The monoisotopic (exact) mass is 163 g/mol. The summed E-state index contributed by atoms with van der Waals surface area (Å²) in [5, 5.41) is 8.33. The smallest absolute Gasteiger partial charge is 0.144 e. The molecule has 1 aromatic carbocycles. The van der Waals surface area contributed by atoms with E-state index in [9.17, 15) is 8.78 Å². The molecule has 0 unspecified atom stereocenters. The third-order valence-corrected chi connectivity index (χ3v) is 1.57. The van der Waals surface area contributed by atoms with E-state index in [0.29, 0.717) is 5.56 Å². The van der Waals surface area contributed by atoms with Gasteiger partial charge in [-0.05, 0) is 13.0 Å². The van der Waals surface area contributed by atoms with Gasteiger partial charge in [-0.15, -0.1) is 0 Å². The zero-order valence-corrected chi connectivity index (χ0v) is 6.36. The van der Waals surface area contributed by atoms with E-state index in [4.69, 9.17) is 13.1 Å². The van der Waals surface area contributed by atoms with Gasteiger partial charge in [0.05, 0.1) is 0 Å². The molecule has 4 heteroatoms. The standard InChI is InChI=1S/C8H4BF2N/c1-4-2-6(10)5(3-12)8(11)7(4)9/h2H,1H3. The summed E-state index contributed by atoms with van der Waals surface area (Å²) in [6, 6.07) is 2.44. The zero-order valence-electron chi connectivity index (χ0n) is 6.36. The number of nitrogens with zero attached hydrogens (tertiary/aromatic N) is 1. The lowest BCUT2D eigenvalue weighted by Crippen LogP contribution is -2.15. The van der Waals surface area contributed by atoms with Crippen molar-refractivity contribution >= 4 is 13.3 Å². The molecule has 0 aliphatic carbocycles. The molecule has 12 heavy (non-hydrogen) atoms. The van der Waals surface area contributed by atoms with E-state index in [1.165, 1.54) is 13.0 Å². The van der Waals surface area contributed by atoms with Gasteiger partial charge in [-0.1, -0.05) is 11.0 Å². The number of halogens is 2. The molecule has 0 bridgehead atoms. The summed E-state index contributed by atoms with van der Waals surface area (Å²) in [6.07, 6.45) is 0. The van der Waals surface area contributed by atoms with Crippen LogP contribution in [0.4, 0.5) is 8.78 Å². The van der Waals surface area contributed by atoms with Crippen LogP contribution in [-0.4, -0.2) is 7.85 Å². The summed E-state index contributed by atoms with van der Waals surface area (Å²) < 4.78 is 25.7. The maximum Gasteiger partial charge on any atom is 0.144 e. The molecule has 0 aliphatic heterocycles. The third-order valence-electron chi connectivity index (χ3n) is 1.57. The maximum atomic E-state index is 12.9. The molecule has 0 amide bonds. The van der Waals surface area contributed by atoms with E-state index in [0.717, 1.165) is 6.07 Å². The van der Waals surface area contributed by atoms with Crippen molar-refractivity contribution in [3.8, 4) is 6.07 Å². The van der Waals surface area contributed by atoms with Crippen LogP contribution in [0.2, 0.25) is 0 Å². The average molecular weight is 163 g/mol. The normalized spacial score (nSPS) is 9.50. The van der Waals surface area contributed by atoms with E-state index in [2.05, 4.69) is 0 Å². The predicted octanol–water partition coefficient (Wildman–Crippen LogP) is 0.939. The second kappa shape index (κ2) is 2.94. The van der Waals surface area contributed by atoms with E-state index in [1.54, 1.807) is 0 Å². The first-order valence-electron chi connectivity index (χ1n) is 3.22. The molecular formula is C8H4BF2N. The van der Waals surface area contributed by atoms with Crippen LogP contribution in [-0.2, 0) is 0 Å². The van der Waals surface area contributed by atoms with Crippen LogP contribution in [0, 0.1) is 29.9 Å². The SMILES string of the molecule is [B]c1c(C)cc(F)c(C#N)c1F. The minimum absolute atomic E-state index is 0.173. The topological polar surface area (TPSA) is 23.8 Å². The van der Waals surface area contributed by atoms with Gasteiger partial charge in [-0.3, -0.25) is 0 Å². The highest BCUT2D eigenvalue weighted by Gasteiger charge is 2.12. The summed E-state index contributed by atoms with van der Waals surface area (Å²) >= 11 is 0. The van der Waals surface area contributed by atoms with Crippen molar-refractivity contribution in [1.82, 2.24) is 0 Å². The fourth-order valence-electron chi connectivity index (χ4n) is 0.855. The largest absolute Gasteiger partial charge is 0.206 e. The molecule has 0 heterocycles. The zero-order chi connectivity index (χ0) is 9.30. The van der Waals surface area contributed by atoms with Crippen LogP contribution in [0.25, 0.3) is 0 Å². The molecule has 0 aromatic heterocycles. The Hall–Kier alpha value is -1.37. The van der Waals surface area contributed by atoms with Crippen LogP contribution in [0.5, 0.6) is 0 Å². The Morgan fingerprint density at radius 1 is 1.50 bits per heavy atom. The second-order valence-electron chi connectivity index (χ2n) is 2.39. The number of hydrogen-bond acceptors (Lipinski definition) is 1. The first-order valence-corrected chi connectivity index (χ1v) is 3.22. The van der Waals surface area contributed by atoms with Crippen molar-refractivity contribution in [3.05, 3.63) is 28.8 Å². The molecule has 0 aliphatic rings. The average Bonchev–Trinajstić information content (AvgIpc) is 2.01. The van der Waals surface area contributed by atoms with Crippen LogP contribution in [0.3, 0.4) is 0 Å². The van der Waals surface area contributed by atoms with E-state index < -0.39 is 17.2 Å². The van der Waals surface area contributed by atoms with Crippen molar-refractivity contribution < 1.29 is 8.78 Å². The maximum absolute atomic E-state index is 12.9. The Kier molecular flexibility index (Phi) is 2.14. The Labute approximate surface area is 70.0 Å². The lowest BCUT2D eigenvalue weighted by Gasteiger charge is -2.03. The summed E-state index contributed by atoms with van der Waals surface area (Å²) in [7, 11) is 5.23. The first kappa shape index (κ1) is 8.73. The highest BCUT2D eigenvalue weighted by molar-refractivity contribution is 6.33. The molecule has 2 radical (unpaired) electrons. The molecule has 0 saturated heterocycles. The summed E-state index contributed by atoms with van der Waals surface area (Å²) in [6.45, 7) is 1.47. The van der Waals surface area contributed by atoms with E-state index in [1.807, 2.05) is 0 Å². The van der Waals surface area contributed by atoms with Gasteiger partial charge in [-0.2, -0.15) is 5.26 Å². The van der Waals surface area contributed by atoms with Crippen molar-refractivity contribution in [1.29, 1.82) is 5.26 Å². The van der Waals surface area contributed by atoms with Crippen LogP contribution >= 0.6 is 0 Å². The quantitative estimate of drug-likeness (QED) is 0.522. The Morgan fingerprint density at radius 2 is 2.08 bits per heavy atom.